The van der Waals surface area contributed by atoms with Crippen molar-refractivity contribution in [3.8, 4) is 6.07 Å². The van der Waals surface area contributed by atoms with E-state index >= 15 is 0 Å². The zero-order valence-corrected chi connectivity index (χ0v) is 11.9. The van der Waals surface area contributed by atoms with Crippen molar-refractivity contribution < 1.29 is 9.53 Å². The SMILES string of the molecule is CCCC(C#N)(CCC)NC(=O)[C@H]1C[C@H]2CC[C@H]1O2. The van der Waals surface area contributed by atoms with Crippen molar-refractivity contribution in [3.63, 3.8) is 0 Å². The molecule has 1 amide bonds. The number of fused-ring (bicyclic) bond motifs is 2. The van der Waals surface area contributed by atoms with Crippen LogP contribution in [-0.4, -0.2) is 23.7 Å². The Bertz CT molecular complexity index is 369. The first-order valence-electron chi connectivity index (χ1n) is 7.53. The molecule has 2 saturated heterocycles. The summed E-state index contributed by atoms with van der Waals surface area (Å²) in [6.45, 7) is 4.10. The van der Waals surface area contributed by atoms with E-state index < -0.39 is 5.54 Å². The highest BCUT2D eigenvalue weighted by atomic mass is 16.5. The fourth-order valence-electron chi connectivity index (χ4n) is 3.49. The van der Waals surface area contributed by atoms with Crippen LogP contribution < -0.4 is 5.32 Å². The van der Waals surface area contributed by atoms with E-state index in [0.717, 1.165) is 44.9 Å². The molecule has 0 aromatic carbocycles. The molecule has 2 bridgehead atoms. The zero-order chi connectivity index (χ0) is 13.9. The molecule has 2 rings (SSSR count). The van der Waals surface area contributed by atoms with Crippen LogP contribution in [0.15, 0.2) is 0 Å². The fourth-order valence-corrected chi connectivity index (χ4v) is 3.49. The van der Waals surface area contributed by atoms with Gasteiger partial charge in [0, 0.05) is 0 Å². The van der Waals surface area contributed by atoms with Gasteiger partial charge in [0.2, 0.25) is 5.91 Å². The standard InChI is InChI=1S/C15H24N2O2/c1-3-7-15(10-16,8-4-2)17-14(18)12-9-11-5-6-13(12)19-11/h11-13H,3-9H2,1-2H3,(H,17,18)/t11-,12+,13-/m1/s1. The number of carbonyl (C=O) groups is 1. The molecule has 1 N–H and O–H groups in total. The number of amides is 1. The van der Waals surface area contributed by atoms with Gasteiger partial charge in [-0.25, -0.2) is 0 Å². The van der Waals surface area contributed by atoms with Crippen LogP contribution in [0.2, 0.25) is 0 Å². The second-order valence-corrected chi connectivity index (χ2v) is 5.90. The highest BCUT2D eigenvalue weighted by molar-refractivity contribution is 5.81. The molecule has 19 heavy (non-hydrogen) atoms. The third-order valence-electron chi connectivity index (χ3n) is 4.37. The number of hydrogen-bond acceptors (Lipinski definition) is 3. The van der Waals surface area contributed by atoms with Gasteiger partial charge in [-0.2, -0.15) is 5.26 Å². The topological polar surface area (TPSA) is 62.1 Å². The second kappa shape index (κ2) is 5.92. The minimum Gasteiger partial charge on any atom is -0.374 e. The lowest BCUT2D eigenvalue weighted by Crippen LogP contribution is -2.50. The normalized spacial score (nSPS) is 29.2. The average Bonchev–Trinajstić information content (AvgIpc) is 3.01. The Balaban J connectivity index is 2.00. The van der Waals surface area contributed by atoms with Crippen molar-refractivity contribution in [2.75, 3.05) is 0 Å². The number of rotatable bonds is 6. The van der Waals surface area contributed by atoms with E-state index in [1.807, 2.05) is 0 Å². The van der Waals surface area contributed by atoms with Crippen LogP contribution in [0, 0.1) is 17.2 Å². The molecule has 0 unspecified atom stereocenters. The summed E-state index contributed by atoms with van der Waals surface area (Å²) in [6, 6.07) is 2.34. The van der Waals surface area contributed by atoms with Gasteiger partial charge in [-0.15, -0.1) is 0 Å². The van der Waals surface area contributed by atoms with Crippen LogP contribution in [0.3, 0.4) is 0 Å². The van der Waals surface area contributed by atoms with Crippen LogP contribution in [0.1, 0.15) is 58.8 Å². The van der Waals surface area contributed by atoms with Gasteiger partial charge >= 0.3 is 0 Å². The minimum atomic E-state index is -0.678. The molecule has 4 nitrogen and oxygen atoms in total. The van der Waals surface area contributed by atoms with E-state index in [1.165, 1.54) is 0 Å². The maximum Gasteiger partial charge on any atom is 0.227 e. The number of nitrogens with one attached hydrogen (secondary N) is 1. The van der Waals surface area contributed by atoms with E-state index in [0.29, 0.717) is 0 Å². The molecule has 2 aliphatic rings. The number of ether oxygens (including phenoxy) is 1. The van der Waals surface area contributed by atoms with Crippen molar-refractivity contribution in [2.45, 2.75) is 76.5 Å². The lowest BCUT2D eigenvalue weighted by Gasteiger charge is -2.30. The monoisotopic (exact) mass is 264 g/mol. The lowest BCUT2D eigenvalue weighted by molar-refractivity contribution is -0.128. The molecular formula is C15H24N2O2. The van der Waals surface area contributed by atoms with Gasteiger partial charge in [-0.1, -0.05) is 26.7 Å². The minimum absolute atomic E-state index is 0.0238. The molecule has 4 heteroatoms. The number of carbonyl (C=O) groups excluding carboxylic acids is 1. The predicted molar refractivity (Wildman–Crippen MR) is 72.3 cm³/mol. The highest BCUT2D eigenvalue weighted by Gasteiger charge is 2.46. The Kier molecular flexibility index (Phi) is 4.46. The van der Waals surface area contributed by atoms with Gasteiger partial charge in [0.05, 0.1) is 24.2 Å². The van der Waals surface area contributed by atoms with Gasteiger partial charge in [0.15, 0.2) is 0 Å². The van der Waals surface area contributed by atoms with Crippen molar-refractivity contribution in [3.05, 3.63) is 0 Å². The van der Waals surface area contributed by atoms with Crippen molar-refractivity contribution in [1.82, 2.24) is 5.32 Å². The van der Waals surface area contributed by atoms with E-state index in [2.05, 4.69) is 25.2 Å². The number of hydrogen-bond donors (Lipinski definition) is 1. The molecule has 3 atom stereocenters. The van der Waals surface area contributed by atoms with Gasteiger partial charge in [-0.3, -0.25) is 4.79 Å². The molecule has 0 radical (unpaired) electrons. The molecule has 0 spiro atoms. The Morgan fingerprint density at radius 1 is 1.37 bits per heavy atom. The summed E-state index contributed by atoms with van der Waals surface area (Å²) in [5.74, 6) is -0.0177. The van der Waals surface area contributed by atoms with Crippen molar-refractivity contribution in [2.24, 2.45) is 5.92 Å². The largest absolute Gasteiger partial charge is 0.374 e. The average molecular weight is 264 g/mol. The summed E-state index contributed by atoms with van der Waals surface area (Å²) in [4.78, 5) is 12.4. The van der Waals surface area contributed by atoms with E-state index in [1.54, 1.807) is 0 Å². The summed E-state index contributed by atoms with van der Waals surface area (Å²) in [5, 5.41) is 12.5. The summed E-state index contributed by atoms with van der Waals surface area (Å²) >= 11 is 0. The lowest BCUT2D eigenvalue weighted by atomic mass is 9.85. The first-order chi connectivity index (χ1) is 9.14. The van der Waals surface area contributed by atoms with Crippen molar-refractivity contribution >= 4 is 5.91 Å². The maximum atomic E-state index is 12.4. The first kappa shape index (κ1) is 14.3. The maximum absolute atomic E-state index is 12.4. The van der Waals surface area contributed by atoms with Crippen molar-refractivity contribution in [1.29, 1.82) is 5.26 Å². The Morgan fingerprint density at radius 2 is 2.05 bits per heavy atom. The van der Waals surface area contributed by atoms with Gasteiger partial charge in [0.25, 0.3) is 0 Å². The molecule has 0 aromatic rings. The summed E-state index contributed by atoms with van der Waals surface area (Å²) < 4.78 is 5.73. The first-order valence-corrected chi connectivity index (χ1v) is 7.53. The van der Waals surface area contributed by atoms with Gasteiger partial charge < -0.3 is 10.1 Å². The van der Waals surface area contributed by atoms with Gasteiger partial charge in [-0.05, 0) is 32.1 Å². The van der Waals surface area contributed by atoms with Gasteiger partial charge in [0.1, 0.15) is 5.54 Å². The van der Waals surface area contributed by atoms with E-state index in [9.17, 15) is 10.1 Å². The van der Waals surface area contributed by atoms with Crippen LogP contribution in [-0.2, 0) is 9.53 Å². The smallest absolute Gasteiger partial charge is 0.227 e. The highest BCUT2D eigenvalue weighted by Crippen LogP contribution is 2.39. The molecular weight excluding hydrogens is 240 g/mol. The molecule has 2 fully saturated rings. The Hall–Kier alpha value is -1.08. The van der Waals surface area contributed by atoms with Crippen LogP contribution in [0.4, 0.5) is 0 Å². The predicted octanol–water partition coefficient (Wildman–Crippen LogP) is 2.53. The summed E-state index contributed by atoms with van der Waals surface area (Å²) in [6.07, 6.45) is 6.53. The molecule has 106 valence electrons. The number of nitrogens with zero attached hydrogens (tertiary/aromatic N) is 1. The van der Waals surface area contributed by atoms with Crippen LogP contribution >= 0.6 is 0 Å². The molecule has 2 heterocycles. The molecule has 0 aliphatic carbocycles. The summed E-state index contributed by atoms with van der Waals surface area (Å²) in [7, 11) is 0. The number of nitriles is 1. The quantitative estimate of drug-likeness (QED) is 0.802. The fraction of sp³-hybridized carbons (Fsp3) is 0.867. The van der Waals surface area contributed by atoms with Crippen LogP contribution in [0.5, 0.6) is 0 Å². The van der Waals surface area contributed by atoms with E-state index in [-0.39, 0.29) is 24.0 Å². The molecule has 2 aliphatic heterocycles. The second-order valence-electron chi connectivity index (χ2n) is 5.90. The Morgan fingerprint density at radius 3 is 2.47 bits per heavy atom. The molecule has 0 saturated carbocycles. The summed E-state index contributed by atoms with van der Waals surface area (Å²) in [5.41, 5.74) is -0.678. The Labute approximate surface area is 115 Å². The zero-order valence-electron chi connectivity index (χ0n) is 11.9. The third-order valence-corrected chi connectivity index (χ3v) is 4.37. The third kappa shape index (κ3) is 2.92. The van der Waals surface area contributed by atoms with E-state index in [4.69, 9.17) is 4.74 Å². The van der Waals surface area contributed by atoms with Crippen LogP contribution in [0.25, 0.3) is 0 Å². The molecule has 0 aromatic heterocycles.